The molecule has 0 saturated carbocycles. The Balaban J connectivity index is 0. The lowest BCUT2D eigenvalue weighted by Gasteiger charge is -2.09. The highest BCUT2D eigenvalue weighted by Gasteiger charge is 1.97. The van der Waals surface area contributed by atoms with E-state index < -0.39 is 0 Å². The summed E-state index contributed by atoms with van der Waals surface area (Å²) in [6.45, 7) is 8.68. The third-order valence-corrected chi connectivity index (χ3v) is 0.900. The number of rotatable bonds is 5. The largest absolute Gasteiger partial charge is 0.499 e. The number of hydrogen-bond acceptors (Lipinski definition) is 2. The third-order valence-electron chi connectivity index (χ3n) is 0.900. The molecule has 0 aliphatic heterocycles. The summed E-state index contributed by atoms with van der Waals surface area (Å²) in [5, 5.41) is 0. The zero-order chi connectivity index (χ0) is 7.11. The van der Waals surface area contributed by atoms with Gasteiger partial charge in [-0.1, -0.05) is 6.58 Å². The van der Waals surface area contributed by atoms with Crippen LogP contribution < -0.4 is 0 Å². The van der Waals surface area contributed by atoms with Crippen LogP contribution >= 0.6 is 0 Å². The van der Waals surface area contributed by atoms with E-state index in [1.165, 1.54) is 6.26 Å². The van der Waals surface area contributed by atoms with E-state index in [0.29, 0.717) is 6.61 Å². The normalized spacial score (nSPS) is 11.4. The molecule has 0 bridgehead atoms. The van der Waals surface area contributed by atoms with Gasteiger partial charge >= 0.3 is 0 Å². The van der Waals surface area contributed by atoms with Gasteiger partial charge in [0, 0.05) is 6.61 Å². The quantitative estimate of drug-likeness (QED) is 0.555. The first-order chi connectivity index (χ1) is 4.31. The maximum Gasteiger partial charge on any atom is 0.113 e. The summed E-state index contributed by atoms with van der Waals surface area (Å²) < 4.78 is 10.1. The monoisotopic (exact) mass is 150 g/mol. The van der Waals surface area contributed by atoms with Crippen molar-refractivity contribution >= 4 is 0 Å². The molecule has 0 aromatic heterocycles. The molecule has 0 fully saturated rings. The average Bonchev–Trinajstić information content (AvgIpc) is 1.85. The number of hydrogen-bond donors (Lipinski definition) is 0. The lowest BCUT2D eigenvalue weighted by molar-refractivity contribution is 0.0271. The van der Waals surface area contributed by atoms with Crippen molar-refractivity contribution in [3.05, 3.63) is 12.8 Å². The van der Waals surface area contributed by atoms with Crippen LogP contribution in [0.5, 0.6) is 0 Å². The van der Waals surface area contributed by atoms with E-state index in [1.807, 2.05) is 13.8 Å². The van der Waals surface area contributed by atoms with E-state index in [1.54, 1.807) is 0 Å². The standard InChI is InChI=1S/C7H14O2.FH/c1-4-8-6-7(3)9-5-2;/h4,7H,1,5-6H2,2-3H3;1H. The maximum atomic E-state index is 5.17. The number of halogens is 1. The van der Waals surface area contributed by atoms with Crippen molar-refractivity contribution in [3.63, 3.8) is 0 Å². The maximum absolute atomic E-state index is 5.17. The first-order valence-corrected chi connectivity index (χ1v) is 3.15. The summed E-state index contributed by atoms with van der Waals surface area (Å²) in [6, 6.07) is 0. The summed E-state index contributed by atoms with van der Waals surface area (Å²) in [5.74, 6) is 0. The topological polar surface area (TPSA) is 18.5 Å². The molecule has 2 nitrogen and oxygen atoms in total. The Hall–Kier alpha value is -0.570. The van der Waals surface area contributed by atoms with Gasteiger partial charge in [-0.2, -0.15) is 0 Å². The van der Waals surface area contributed by atoms with Crippen molar-refractivity contribution < 1.29 is 14.2 Å². The van der Waals surface area contributed by atoms with Crippen molar-refractivity contribution in [2.24, 2.45) is 0 Å². The molecule has 1 atom stereocenters. The van der Waals surface area contributed by atoms with Crippen LogP contribution in [-0.2, 0) is 9.47 Å². The van der Waals surface area contributed by atoms with E-state index in [9.17, 15) is 0 Å². The van der Waals surface area contributed by atoms with Crippen molar-refractivity contribution in [2.45, 2.75) is 20.0 Å². The molecule has 0 aromatic rings. The molecule has 0 aromatic carbocycles. The molecule has 1 unspecified atom stereocenters. The van der Waals surface area contributed by atoms with Gasteiger partial charge in [0.15, 0.2) is 0 Å². The van der Waals surface area contributed by atoms with Gasteiger partial charge < -0.3 is 9.47 Å². The molecule has 62 valence electrons. The lowest BCUT2D eigenvalue weighted by atomic mass is 10.4. The highest BCUT2D eigenvalue weighted by molar-refractivity contribution is 4.52. The van der Waals surface area contributed by atoms with Crippen molar-refractivity contribution in [1.82, 2.24) is 0 Å². The molecule has 10 heavy (non-hydrogen) atoms. The molecule has 0 aliphatic rings. The molecule has 0 heterocycles. The Morgan fingerprint density at radius 1 is 1.60 bits per heavy atom. The third kappa shape index (κ3) is 7.43. The summed E-state index contributed by atoms with van der Waals surface area (Å²) in [4.78, 5) is 0. The predicted octanol–water partition coefficient (Wildman–Crippen LogP) is 1.72. The minimum absolute atomic E-state index is 0. The lowest BCUT2D eigenvalue weighted by Crippen LogP contribution is -2.13. The molecule has 0 aliphatic carbocycles. The molecule has 0 rings (SSSR count). The summed E-state index contributed by atoms with van der Waals surface area (Å²) >= 11 is 0. The van der Waals surface area contributed by atoms with Crippen LogP contribution in [0.25, 0.3) is 0 Å². The van der Waals surface area contributed by atoms with Gasteiger partial charge in [-0.15, -0.1) is 0 Å². The van der Waals surface area contributed by atoms with Crippen molar-refractivity contribution in [3.8, 4) is 0 Å². The minimum Gasteiger partial charge on any atom is -0.499 e. The van der Waals surface area contributed by atoms with Gasteiger partial charge in [-0.3, -0.25) is 4.70 Å². The summed E-state index contributed by atoms with van der Waals surface area (Å²) in [5.41, 5.74) is 0. The molecule has 0 radical (unpaired) electrons. The molecular formula is C7H15FO2. The second-order valence-electron chi connectivity index (χ2n) is 1.77. The Morgan fingerprint density at radius 2 is 2.20 bits per heavy atom. The Bertz CT molecular complexity index is 76.0. The second kappa shape index (κ2) is 8.43. The fourth-order valence-electron chi connectivity index (χ4n) is 0.536. The molecular weight excluding hydrogens is 135 g/mol. The fraction of sp³-hybridized carbons (Fsp3) is 0.714. The number of ether oxygens (including phenoxy) is 2. The first kappa shape index (κ1) is 12.1. The van der Waals surface area contributed by atoms with E-state index >= 15 is 0 Å². The van der Waals surface area contributed by atoms with Crippen LogP contribution in [0.1, 0.15) is 13.8 Å². The van der Waals surface area contributed by atoms with Gasteiger partial charge in [-0.05, 0) is 13.8 Å². The Labute approximate surface area is 61.2 Å². The predicted molar refractivity (Wildman–Crippen MR) is 39.7 cm³/mol. The van der Waals surface area contributed by atoms with E-state index in [0.717, 1.165) is 6.61 Å². The van der Waals surface area contributed by atoms with Gasteiger partial charge in [0.1, 0.15) is 6.61 Å². The van der Waals surface area contributed by atoms with Crippen molar-refractivity contribution in [1.29, 1.82) is 0 Å². The van der Waals surface area contributed by atoms with Crippen LogP contribution in [0.4, 0.5) is 4.70 Å². The van der Waals surface area contributed by atoms with Crippen LogP contribution in [0.15, 0.2) is 12.8 Å². The zero-order valence-electron chi connectivity index (χ0n) is 6.50. The van der Waals surface area contributed by atoms with Gasteiger partial charge in [0.2, 0.25) is 0 Å². The zero-order valence-corrected chi connectivity index (χ0v) is 6.50. The van der Waals surface area contributed by atoms with Gasteiger partial charge in [-0.25, -0.2) is 0 Å². The minimum atomic E-state index is 0. The van der Waals surface area contributed by atoms with Gasteiger partial charge in [0.25, 0.3) is 0 Å². The first-order valence-electron chi connectivity index (χ1n) is 3.15. The van der Waals surface area contributed by atoms with Crippen LogP contribution in [-0.4, -0.2) is 19.3 Å². The van der Waals surface area contributed by atoms with Crippen LogP contribution in [0, 0.1) is 0 Å². The average molecular weight is 150 g/mol. The smallest absolute Gasteiger partial charge is 0.113 e. The summed E-state index contributed by atoms with van der Waals surface area (Å²) in [7, 11) is 0. The Morgan fingerprint density at radius 3 is 2.60 bits per heavy atom. The molecule has 3 heteroatoms. The van der Waals surface area contributed by atoms with E-state index in [-0.39, 0.29) is 10.8 Å². The van der Waals surface area contributed by atoms with Crippen molar-refractivity contribution in [2.75, 3.05) is 13.2 Å². The summed E-state index contributed by atoms with van der Waals surface area (Å²) in [6.07, 6.45) is 1.60. The molecule has 0 N–H and O–H groups in total. The highest BCUT2D eigenvalue weighted by Crippen LogP contribution is 1.90. The second-order valence-corrected chi connectivity index (χ2v) is 1.77. The molecule has 0 saturated heterocycles. The van der Waals surface area contributed by atoms with Crippen LogP contribution in [0.3, 0.4) is 0 Å². The molecule has 0 spiro atoms. The Kier molecular flexibility index (Phi) is 10.2. The highest BCUT2D eigenvalue weighted by atomic mass is 19.0. The van der Waals surface area contributed by atoms with Crippen LogP contribution in [0.2, 0.25) is 0 Å². The SMILES string of the molecule is C=COCC(C)OCC.F. The van der Waals surface area contributed by atoms with Gasteiger partial charge in [0.05, 0.1) is 12.4 Å². The molecule has 0 amide bonds. The van der Waals surface area contributed by atoms with E-state index in [4.69, 9.17) is 9.47 Å². The van der Waals surface area contributed by atoms with E-state index in [2.05, 4.69) is 6.58 Å². The fourth-order valence-corrected chi connectivity index (χ4v) is 0.536.